The summed E-state index contributed by atoms with van der Waals surface area (Å²) in [4.78, 5) is 13.5. The first-order chi connectivity index (χ1) is 10.3. The number of amides is 1. The lowest BCUT2D eigenvalue weighted by Crippen LogP contribution is -2.42. The number of anilines is 1. The molecule has 0 aliphatic carbocycles. The Hall–Kier alpha value is -1.82. The molecule has 1 amide bonds. The third-order valence-corrected chi connectivity index (χ3v) is 4.55. The maximum Gasteiger partial charge on any atom is 0.409 e. The smallest absolute Gasteiger partial charge is 0.409 e. The van der Waals surface area contributed by atoms with E-state index in [4.69, 9.17) is 4.74 Å². The van der Waals surface area contributed by atoms with Gasteiger partial charge < -0.3 is 15.0 Å². The molecule has 112 valence electrons. The summed E-state index contributed by atoms with van der Waals surface area (Å²) in [6.07, 6.45) is 1.68. The number of carbonyl (C=O) groups is 1. The molecule has 5 nitrogen and oxygen atoms in total. The number of fused-ring (bicyclic) bond motifs is 1. The monoisotopic (exact) mass is 305 g/mol. The van der Waals surface area contributed by atoms with Crippen LogP contribution in [0.5, 0.6) is 0 Å². The third kappa shape index (κ3) is 3.10. The Morgan fingerprint density at radius 2 is 2.19 bits per heavy atom. The van der Waals surface area contributed by atoms with Crippen LogP contribution in [0.25, 0.3) is 10.9 Å². The van der Waals surface area contributed by atoms with Crippen LogP contribution in [-0.2, 0) is 4.74 Å². The van der Waals surface area contributed by atoms with Crippen molar-refractivity contribution in [3.63, 3.8) is 0 Å². The average molecular weight is 305 g/mol. The Morgan fingerprint density at radius 3 is 2.95 bits per heavy atom. The van der Waals surface area contributed by atoms with Crippen molar-refractivity contribution in [1.82, 2.24) is 9.27 Å². The molecule has 1 aliphatic heterocycles. The Morgan fingerprint density at radius 1 is 1.43 bits per heavy atom. The summed E-state index contributed by atoms with van der Waals surface area (Å²) in [6, 6.07) is 8.55. The largest absolute Gasteiger partial charge is 0.450 e. The second-order valence-electron chi connectivity index (χ2n) is 5.13. The van der Waals surface area contributed by atoms with Crippen LogP contribution >= 0.6 is 11.5 Å². The van der Waals surface area contributed by atoms with Crippen molar-refractivity contribution in [2.24, 2.45) is 0 Å². The molecule has 0 unspecified atom stereocenters. The molecule has 3 rings (SSSR count). The quantitative estimate of drug-likeness (QED) is 0.945. The highest BCUT2D eigenvalue weighted by atomic mass is 32.1. The first kappa shape index (κ1) is 14.1. The van der Waals surface area contributed by atoms with Crippen molar-refractivity contribution in [1.29, 1.82) is 0 Å². The Kier molecular flexibility index (Phi) is 4.24. The zero-order chi connectivity index (χ0) is 14.7. The number of hydrogen-bond donors (Lipinski definition) is 1. The number of carbonyl (C=O) groups excluding carboxylic acids is 1. The summed E-state index contributed by atoms with van der Waals surface area (Å²) in [7, 11) is 0. The van der Waals surface area contributed by atoms with Gasteiger partial charge in [0.25, 0.3) is 0 Å². The van der Waals surface area contributed by atoms with Gasteiger partial charge >= 0.3 is 6.09 Å². The molecule has 6 heteroatoms. The summed E-state index contributed by atoms with van der Waals surface area (Å²) >= 11 is 1.51. The fourth-order valence-electron chi connectivity index (χ4n) is 2.60. The molecular weight excluding hydrogens is 286 g/mol. The van der Waals surface area contributed by atoms with Gasteiger partial charge in [-0.15, -0.1) is 0 Å². The fraction of sp³-hybridized carbons (Fsp3) is 0.467. The zero-order valence-corrected chi connectivity index (χ0v) is 12.9. The SMILES string of the molecule is CCOC(=O)N1CCC(Nc2snc3ccccc23)CC1. The molecule has 1 saturated heterocycles. The van der Waals surface area contributed by atoms with Crippen LogP contribution in [0.2, 0.25) is 0 Å². The number of aromatic nitrogens is 1. The molecule has 21 heavy (non-hydrogen) atoms. The fourth-order valence-corrected chi connectivity index (χ4v) is 3.44. The van der Waals surface area contributed by atoms with Crippen molar-refractivity contribution in [2.45, 2.75) is 25.8 Å². The number of rotatable bonds is 3. The first-order valence-corrected chi connectivity index (χ1v) is 8.08. The van der Waals surface area contributed by atoms with Crippen molar-refractivity contribution >= 4 is 33.5 Å². The Labute approximate surface area is 128 Å². The molecule has 1 aliphatic rings. The second-order valence-corrected chi connectivity index (χ2v) is 5.91. The number of nitrogens with zero attached hydrogens (tertiary/aromatic N) is 2. The van der Waals surface area contributed by atoms with Gasteiger partial charge in [0.1, 0.15) is 5.00 Å². The number of benzene rings is 1. The van der Waals surface area contributed by atoms with Crippen LogP contribution in [0.1, 0.15) is 19.8 Å². The lowest BCUT2D eigenvalue weighted by atomic mass is 10.1. The molecule has 0 bridgehead atoms. The van der Waals surface area contributed by atoms with E-state index in [-0.39, 0.29) is 6.09 Å². The van der Waals surface area contributed by atoms with Gasteiger partial charge in [-0.3, -0.25) is 0 Å². The van der Waals surface area contributed by atoms with E-state index >= 15 is 0 Å². The van der Waals surface area contributed by atoms with E-state index in [1.165, 1.54) is 16.9 Å². The molecule has 0 atom stereocenters. The maximum atomic E-state index is 11.7. The van der Waals surface area contributed by atoms with Crippen LogP contribution in [0.4, 0.5) is 9.80 Å². The lowest BCUT2D eigenvalue weighted by molar-refractivity contribution is 0.0983. The number of nitrogens with one attached hydrogen (secondary N) is 1. The predicted octanol–water partition coefficient (Wildman–Crippen LogP) is 3.33. The van der Waals surface area contributed by atoms with Crippen molar-refractivity contribution in [3.8, 4) is 0 Å². The van der Waals surface area contributed by atoms with Crippen LogP contribution in [-0.4, -0.2) is 41.1 Å². The second kappa shape index (κ2) is 6.30. The van der Waals surface area contributed by atoms with E-state index < -0.39 is 0 Å². The summed E-state index contributed by atoms with van der Waals surface area (Å²) in [5, 5.41) is 5.87. The topological polar surface area (TPSA) is 54.5 Å². The van der Waals surface area contributed by atoms with Crippen molar-refractivity contribution in [2.75, 3.05) is 25.0 Å². The van der Waals surface area contributed by atoms with Gasteiger partial charge in [0.2, 0.25) is 0 Å². The molecule has 1 aromatic carbocycles. The molecule has 0 radical (unpaired) electrons. The number of piperidine rings is 1. The van der Waals surface area contributed by atoms with Gasteiger partial charge in [-0.05, 0) is 43.4 Å². The molecule has 1 N–H and O–H groups in total. The van der Waals surface area contributed by atoms with Gasteiger partial charge in [-0.25, -0.2) is 4.79 Å². The van der Waals surface area contributed by atoms with E-state index in [0.717, 1.165) is 36.4 Å². The minimum atomic E-state index is -0.195. The van der Waals surface area contributed by atoms with Gasteiger partial charge in [0.15, 0.2) is 0 Å². The molecular formula is C15H19N3O2S. The van der Waals surface area contributed by atoms with Crippen LogP contribution in [0.3, 0.4) is 0 Å². The van der Waals surface area contributed by atoms with Gasteiger partial charge in [-0.2, -0.15) is 4.37 Å². The normalized spacial score (nSPS) is 16.1. The highest BCUT2D eigenvalue weighted by molar-refractivity contribution is 7.11. The molecule has 0 saturated carbocycles. The third-order valence-electron chi connectivity index (χ3n) is 3.74. The molecule has 0 spiro atoms. The van der Waals surface area contributed by atoms with Gasteiger partial charge in [0, 0.05) is 24.5 Å². The maximum absolute atomic E-state index is 11.7. The van der Waals surface area contributed by atoms with E-state index in [2.05, 4.69) is 15.8 Å². The molecule has 2 heterocycles. The standard InChI is InChI=1S/C15H19N3O2S/c1-2-20-15(19)18-9-7-11(8-10-18)16-14-12-5-3-4-6-13(12)17-21-14/h3-6,11,16H,2,7-10H2,1H3. The molecule has 1 fully saturated rings. The molecule has 2 aromatic rings. The van der Waals surface area contributed by atoms with Gasteiger partial charge in [-0.1, -0.05) is 12.1 Å². The predicted molar refractivity (Wildman–Crippen MR) is 84.9 cm³/mol. The lowest BCUT2D eigenvalue weighted by Gasteiger charge is -2.31. The number of ether oxygens (including phenoxy) is 1. The average Bonchev–Trinajstić information content (AvgIpc) is 2.92. The highest BCUT2D eigenvalue weighted by Gasteiger charge is 2.24. The van der Waals surface area contributed by atoms with Crippen LogP contribution < -0.4 is 5.32 Å². The summed E-state index contributed by atoms with van der Waals surface area (Å²) in [5.74, 6) is 0. The van der Waals surface area contributed by atoms with E-state index in [1.54, 1.807) is 4.90 Å². The first-order valence-electron chi connectivity index (χ1n) is 7.30. The number of likely N-dealkylation sites (tertiary alicyclic amines) is 1. The van der Waals surface area contributed by atoms with Crippen molar-refractivity contribution in [3.05, 3.63) is 24.3 Å². The number of hydrogen-bond acceptors (Lipinski definition) is 5. The Bertz CT molecular complexity index is 620. The minimum Gasteiger partial charge on any atom is -0.450 e. The highest BCUT2D eigenvalue weighted by Crippen LogP contribution is 2.29. The summed E-state index contributed by atoms with van der Waals surface area (Å²) < 4.78 is 9.49. The minimum absolute atomic E-state index is 0.195. The zero-order valence-electron chi connectivity index (χ0n) is 12.0. The van der Waals surface area contributed by atoms with Gasteiger partial charge in [0.05, 0.1) is 12.1 Å². The van der Waals surface area contributed by atoms with Crippen molar-refractivity contribution < 1.29 is 9.53 Å². The van der Waals surface area contributed by atoms with Crippen LogP contribution in [0.15, 0.2) is 24.3 Å². The Balaban J connectivity index is 1.59. The summed E-state index contributed by atoms with van der Waals surface area (Å²) in [6.45, 7) is 3.76. The molecule has 1 aromatic heterocycles. The van der Waals surface area contributed by atoms with Crippen LogP contribution in [0, 0.1) is 0 Å². The van der Waals surface area contributed by atoms with E-state index in [9.17, 15) is 4.79 Å². The van der Waals surface area contributed by atoms with E-state index in [0.29, 0.717) is 12.6 Å². The summed E-state index contributed by atoms with van der Waals surface area (Å²) in [5.41, 5.74) is 1.04. The van der Waals surface area contributed by atoms with E-state index in [1.807, 2.05) is 25.1 Å².